The summed E-state index contributed by atoms with van der Waals surface area (Å²) in [6, 6.07) is 19.0. The molecule has 148 valence electrons. The molecule has 5 nitrogen and oxygen atoms in total. The van der Waals surface area contributed by atoms with Gasteiger partial charge in [0, 0.05) is 18.3 Å². The third kappa shape index (κ3) is 5.77. The van der Waals surface area contributed by atoms with Gasteiger partial charge >= 0.3 is 5.97 Å². The molecular formula is C24H23NO4. The van der Waals surface area contributed by atoms with Crippen molar-refractivity contribution in [3.8, 4) is 0 Å². The minimum Gasteiger partial charge on any atom is -0.480 e. The van der Waals surface area contributed by atoms with Crippen LogP contribution in [0.15, 0.2) is 72.9 Å². The van der Waals surface area contributed by atoms with Gasteiger partial charge in [-0.3, -0.25) is 4.79 Å². The van der Waals surface area contributed by atoms with E-state index in [9.17, 15) is 9.59 Å². The molecule has 2 aromatic carbocycles. The van der Waals surface area contributed by atoms with Gasteiger partial charge in [0.05, 0.1) is 12.3 Å². The molecule has 29 heavy (non-hydrogen) atoms. The number of nitrogens with zero attached hydrogens (tertiary/aromatic N) is 1. The molecule has 0 radical (unpaired) electrons. The molecule has 0 aliphatic carbocycles. The summed E-state index contributed by atoms with van der Waals surface area (Å²) >= 11 is 0. The topological polar surface area (TPSA) is 68.5 Å². The molecule has 0 amide bonds. The van der Waals surface area contributed by atoms with Gasteiger partial charge in [0.15, 0.2) is 0 Å². The van der Waals surface area contributed by atoms with Gasteiger partial charge < -0.3 is 14.4 Å². The van der Waals surface area contributed by atoms with E-state index in [2.05, 4.69) is 0 Å². The lowest BCUT2D eigenvalue weighted by molar-refractivity contribution is -0.142. The predicted octanol–water partition coefficient (Wildman–Crippen LogP) is 4.34. The number of ether oxygens (including phenoxy) is 1. The van der Waals surface area contributed by atoms with E-state index in [4.69, 9.17) is 9.84 Å². The molecule has 5 heteroatoms. The number of carboxylic acids is 1. The van der Waals surface area contributed by atoms with Crippen LogP contribution in [0, 0.1) is 6.92 Å². The van der Waals surface area contributed by atoms with Crippen molar-refractivity contribution in [2.24, 2.45) is 0 Å². The number of aliphatic carboxylic acids is 1. The lowest BCUT2D eigenvalue weighted by Crippen LogP contribution is -2.09. The first-order valence-electron chi connectivity index (χ1n) is 9.34. The van der Waals surface area contributed by atoms with Crippen LogP contribution in [0.5, 0.6) is 0 Å². The van der Waals surface area contributed by atoms with Crippen LogP contribution in [0.4, 0.5) is 0 Å². The largest absolute Gasteiger partial charge is 0.480 e. The van der Waals surface area contributed by atoms with E-state index in [0.717, 1.165) is 16.7 Å². The Hall–Kier alpha value is -3.44. The number of rotatable bonds is 9. The maximum atomic E-state index is 12.8. The van der Waals surface area contributed by atoms with E-state index in [1.807, 2.05) is 90.5 Å². The summed E-state index contributed by atoms with van der Waals surface area (Å²) < 4.78 is 7.04. The SMILES string of the molecule is Cc1ccc(C(=O)c2cccn2C/C=C/c2cccc(COCC(=O)O)c2)cc1. The number of ketones is 1. The summed E-state index contributed by atoms with van der Waals surface area (Å²) in [6.45, 7) is 2.50. The van der Waals surface area contributed by atoms with Crippen LogP contribution in [-0.2, 0) is 22.7 Å². The number of hydrogen-bond donors (Lipinski definition) is 1. The Morgan fingerprint density at radius 1 is 1.07 bits per heavy atom. The van der Waals surface area contributed by atoms with Crippen molar-refractivity contribution >= 4 is 17.8 Å². The van der Waals surface area contributed by atoms with Crippen molar-refractivity contribution in [3.05, 3.63) is 101 Å². The molecule has 0 saturated heterocycles. The number of benzene rings is 2. The van der Waals surface area contributed by atoms with Crippen molar-refractivity contribution < 1.29 is 19.4 Å². The highest BCUT2D eigenvalue weighted by atomic mass is 16.5. The maximum absolute atomic E-state index is 12.8. The predicted molar refractivity (Wildman–Crippen MR) is 112 cm³/mol. The minimum atomic E-state index is -0.983. The molecule has 0 unspecified atom stereocenters. The number of allylic oxidation sites excluding steroid dienone is 1. The van der Waals surface area contributed by atoms with Crippen LogP contribution >= 0.6 is 0 Å². The highest BCUT2D eigenvalue weighted by Crippen LogP contribution is 2.13. The molecule has 0 saturated carbocycles. The molecule has 1 N–H and O–H groups in total. The molecule has 3 rings (SSSR count). The fourth-order valence-electron chi connectivity index (χ4n) is 2.98. The third-order valence-electron chi connectivity index (χ3n) is 4.43. The van der Waals surface area contributed by atoms with Crippen molar-refractivity contribution in [3.63, 3.8) is 0 Å². The number of carbonyl (C=O) groups is 2. The normalized spacial score (nSPS) is 11.1. The molecule has 0 aliphatic rings. The summed E-state index contributed by atoms with van der Waals surface area (Å²) in [4.78, 5) is 23.3. The van der Waals surface area contributed by atoms with Crippen molar-refractivity contribution in [2.75, 3.05) is 6.61 Å². The monoisotopic (exact) mass is 389 g/mol. The van der Waals surface area contributed by atoms with Crippen LogP contribution in [-0.4, -0.2) is 28.0 Å². The Kier molecular flexibility index (Phi) is 6.76. The zero-order chi connectivity index (χ0) is 20.6. The van der Waals surface area contributed by atoms with E-state index < -0.39 is 5.97 Å². The fourth-order valence-corrected chi connectivity index (χ4v) is 2.98. The maximum Gasteiger partial charge on any atom is 0.329 e. The van der Waals surface area contributed by atoms with Gasteiger partial charge in [0.1, 0.15) is 6.61 Å². The van der Waals surface area contributed by atoms with Crippen LogP contribution in [0.1, 0.15) is 32.7 Å². The summed E-state index contributed by atoms with van der Waals surface area (Å²) in [5, 5.41) is 8.64. The molecule has 3 aromatic rings. The Morgan fingerprint density at radius 2 is 1.86 bits per heavy atom. The molecular weight excluding hydrogens is 366 g/mol. The average Bonchev–Trinajstić information content (AvgIpc) is 3.17. The molecule has 0 atom stereocenters. The highest BCUT2D eigenvalue weighted by molar-refractivity contribution is 6.08. The average molecular weight is 389 g/mol. The van der Waals surface area contributed by atoms with Gasteiger partial charge in [-0.05, 0) is 36.2 Å². The molecule has 1 heterocycles. The van der Waals surface area contributed by atoms with E-state index in [0.29, 0.717) is 17.8 Å². The quantitative estimate of drug-likeness (QED) is 0.553. The minimum absolute atomic E-state index is 0.000904. The van der Waals surface area contributed by atoms with E-state index in [1.54, 1.807) is 0 Å². The lowest BCUT2D eigenvalue weighted by Gasteiger charge is -2.07. The van der Waals surface area contributed by atoms with Gasteiger partial charge in [-0.1, -0.05) is 60.2 Å². The second kappa shape index (κ2) is 9.66. The van der Waals surface area contributed by atoms with Crippen LogP contribution < -0.4 is 0 Å². The zero-order valence-corrected chi connectivity index (χ0v) is 16.2. The van der Waals surface area contributed by atoms with Gasteiger partial charge in [0.2, 0.25) is 5.78 Å². The van der Waals surface area contributed by atoms with E-state index >= 15 is 0 Å². The highest BCUT2D eigenvalue weighted by Gasteiger charge is 2.12. The van der Waals surface area contributed by atoms with Crippen molar-refractivity contribution in [2.45, 2.75) is 20.1 Å². The number of hydrogen-bond acceptors (Lipinski definition) is 3. The summed E-state index contributed by atoms with van der Waals surface area (Å²) in [5.41, 5.74) is 4.34. The van der Waals surface area contributed by atoms with E-state index in [-0.39, 0.29) is 19.0 Å². The Bertz CT molecular complexity index is 1020. The van der Waals surface area contributed by atoms with Gasteiger partial charge in [-0.2, -0.15) is 0 Å². The second-order valence-corrected chi connectivity index (χ2v) is 6.77. The first-order chi connectivity index (χ1) is 14.0. The Morgan fingerprint density at radius 3 is 2.62 bits per heavy atom. The lowest BCUT2D eigenvalue weighted by atomic mass is 10.1. The fraction of sp³-hybridized carbons (Fsp3) is 0.167. The van der Waals surface area contributed by atoms with Crippen LogP contribution in [0.3, 0.4) is 0 Å². The number of carboxylic acid groups (broad SMARTS) is 1. The first kappa shape index (κ1) is 20.3. The molecule has 0 aliphatic heterocycles. The van der Waals surface area contributed by atoms with Gasteiger partial charge in [0.25, 0.3) is 0 Å². The molecule has 0 spiro atoms. The number of aromatic nitrogens is 1. The smallest absolute Gasteiger partial charge is 0.329 e. The number of carbonyl (C=O) groups excluding carboxylic acids is 1. The first-order valence-corrected chi connectivity index (χ1v) is 9.34. The standard InChI is InChI=1S/C24H23NO4/c1-18-9-11-21(12-10-18)24(28)22-8-4-14-25(22)13-3-7-19-5-2-6-20(15-19)16-29-17-23(26)27/h2-12,14-15H,13,16-17H2,1H3,(H,26,27)/b7-3+. The summed E-state index contributed by atoms with van der Waals surface area (Å²) in [5.74, 6) is -0.982. The summed E-state index contributed by atoms with van der Waals surface area (Å²) in [6.07, 6.45) is 5.85. The summed E-state index contributed by atoms with van der Waals surface area (Å²) in [7, 11) is 0. The Labute approximate surface area is 169 Å². The van der Waals surface area contributed by atoms with Crippen LogP contribution in [0.2, 0.25) is 0 Å². The van der Waals surface area contributed by atoms with E-state index in [1.165, 1.54) is 0 Å². The van der Waals surface area contributed by atoms with Crippen molar-refractivity contribution in [1.82, 2.24) is 4.57 Å². The van der Waals surface area contributed by atoms with Gasteiger partial charge in [-0.25, -0.2) is 4.79 Å². The third-order valence-corrected chi connectivity index (χ3v) is 4.43. The molecule has 0 bridgehead atoms. The second-order valence-electron chi connectivity index (χ2n) is 6.77. The number of aryl methyl sites for hydroxylation is 1. The molecule has 0 fully saturated rings. The Balaban J connectivity index is 1.64. The zero-order valence-electron chi connectivity index (χ0n) is 16.2. The van der Waals surface area contributed by atoms with Crippen LogP contribution in [0.25, 0.3) is 6.08 Å². The molecule has 1 aromatic heterocycles. The van der Waals surface area contributed by atoms with Crippen molar-refractivity contribution in [1.29, 1.82) is 0 Å². The van der Waals surface area contributed by atoms with Gasteiger partial charge in [-0.15, -0.1) is 0 Å².